The van der Waals surface area contributed by atoms with Crippen LogP contribution in [0.3, 0.4) is 0 Å². The van der Waals surface area contributed by atoms with Gasteiger partial charge in [-0.3, -0.25) is 0 Å². The largest absolute Gasteiger partial charge is 0.393 e. The molecule has 2 rings (SSSR count). The Balaban J connectivity index is 1.95. The Morgan fingerprint density at radius 1 is 1.53 bits per heavy atom. The second-order valence-corrected chi connectivity index (χ2v) is 5.67. The molecule has 0 fully saturated rings. The number of urea groups is 1. The Kier molecular flexibility index (Phi) is 4.34. The van der Waals surface area contributed by atoms with Gasteiger partial charge in [-0.2, -0.15) is 0 Å². The summed E-state index contributed by atoms with van der Waals surface area (Å²) in [6.07, 6.45) is 0.136. The van der Waals surface area contributed by atoms with Gasteiger partial charge in [-0.25, -0.2) is 9.78 Å². The number of aliphatic hydroxyl groups is 1. The monoisotopic (exact) mass is 279 g/mol. The number of benzene rings is 1. The second-order valence-electron chi connectivity index (χ2n) is 4.43. The number of carbonyl (C=O) groups excluding carboxylic acids is 1. The lowest BCUT2D eigenvalue weighted by atomic mass is 10.3. The lowest BCUT2D eigenvalue weighted by Gasteiger charge is -2.08. The number of amides is 2. The van der Waals surface area contributed by atoms with E-state index in [1.165, 1.54) is 0 Å². The molecule has 102 valence electrons. The van der Waals surface area contributed by atoms with Crippen molar-refractivity contribution in [2.75, 3.05) is 11.9 Å². The second kappa shape index (κ2) is 5.99. The summed E-state index contributed by atoms with van der Waals surface area (Å²) in [7, 11) is 0. The molecule has 0 saturated heterocycles. The van der Waals surface area contributed by atoms with E-state index >= 15 is 0 Å². The molecule has 1 atom stereocenters. The lowest BCUT2D eigenvalue weighted by molar-refractivity contribution is 0.184. The molecule has 2 aromatic rings. The number of aromatic nitrogens is 1. The smallest absolute Gasteiger partial charge is 0.319 e. The first kappa shape index (κ1) is 13.8. The summed E-state index contributed by atoms with van der Waals surface area (Å²) in [5, 5.41) is 15.6. The number of hydrogen-bond donors (Lipinski definition) is 3. The highest BCUT2D eigenvalue weighted by molar-refractivity contribution is 7.18. The number of carbonyl (C=O) groups is 1. The fourth-order valence-corrected chi connectivity index (χ4v) is 2.55. The molecular formula is C13H17N3O2S. The summed E-state index contributed by atoms with van der Waals surface area (Å²) < 4.78 is 1.05. The van der Waals surface area contributed by atoms with E-state index in [4.69, 9.17) is 5.11 Å². The van der Waals surface area contributed by atoms with E-state index in [1.807, 2.05) is 25.1 Å². The van der Waals surface area contributed by atoms with Crippen LogP contribution >= 0.6 is 11.3 Å². The van der Waals surface area contributed by atoms with Gasteiger partial charge in [-0.15, -0.1) is 11.3 Å². The van der Waals surface area contributed by atoms with Crippen molar-refractivity contribution < 1.29 is 9.90 Å². The number of rotatable bonds is 4. The summed E-state index contributed by atoms with van der Waals surface area (Å²) in [5.41, 5.74) is 1.69. The standard InChI is InChI=1S/C13H17N3O2S/c1-8(17)5-6-14-13(18)16-10-3-4-11-12(7-10)19-9(2)15-11/h3-4,7-8,17H,5-6H2,1-2H3,(H2,14,16,18). The van der Waals surface area contributed by atoms with Crippen LogP contribution in [0.25, 0.3) is 10.2 Å². The van der Waals surface area contributed by atoms with Crippen LogP contribution in [0, 0.1) is 6.92 Å². The van der Waals surface area contributed by atoms with Crippen molar-refractivity contribution >= 4 is 33.3 Å². The van der Waals surface area contributed by atoms with Gasteiger partial charge in [0.25, 0.3) is 0 Å². The third kappa shape index (κ3) is 3.90. The van der Waals surface area contributed by atoms with Crippen LogP contribution in [0.4, 0.5) is 10.5 Å². The van der Waals surface area contributed by atoms with E-state index in [-0.39, 0.29) is 6.03 Å². The first-order chi connectivity index (χ1) is 9.04. The van der Waals surface area contributed by atoms with Gasteiger partial charge in [-0.1, -0.05) is 0 Å². The first-order valence-corrected chi connectivity index (χ1v) is 6.96. The highest BCUT2D eigenvalue weighted by atomic mass is 32.1. The van der Waals surface area contributed by atoms with Crippen LogP contribution < -0.4 is 10.6 Å². The van der Waals surface area contributed by atoms with Gasteiger partial charge in [0.05, 0.1) is 21.3 Å². The number of nitrogens with zero attached hydrogens (tertiary/aromatic N) is 1. The molecule has 3 N–H and O–H groups in total. The number of hydrogen-bond acceptors (Lipinski definition) is 4. The average Bonchev–Trinajstić information content (AvgIpc) is 2.67. The topological polar surface area (TPSA) is 74.2 Å². The Labute approximate surface area is 115 Å². The third-order valence-corrected chi connectivity index (χ3v) is 3.53. The minimum absolute atomic E-state index is 0.263. The molecule has 0 radical (unpaired) electrons. The van der Waals surface area contributed by atoms with E-state index in [1.54, 1.807) is 18.3 Å². The van der Waals surface area contributed by atoms with Gasteiger partial charge < -0.3 is 15.7 Å². The van der Waals surface area contributed by atoms with Crippen molar-refractivity contribution in [1.82, 2.24) is 10.3 Å². The number of fused-ring (bicyclic) bond motifs is 1. The highest BCUT2D eigenvalue weighted by Crippen LogP contribution is 2.24. The van der Waals surface area contributed by atoms with Gasteiger partial charge >= 0.3 is 6.03 Å². The number of aryl methyl sites for hydroxylation is 1. The van der Waals surface area contributed by atoms with Crippen LogP contribution in [-0.4, -0.2) is 28.8 Å². The zero-order chi connectivity index (χ0) is 13.8. The highest BCUT2D eigenvalue weighted by Gasteiger charge is 2.05. The van der Waals surface area contributed by atoms with Gasteiger partial charge in [0.1, 0.15) is 0 Å². The molecule has 0 aliphatic heterocycles. The molecule has 0 spiro atoms. The zero-order valence-electron chi connectivity index (χ0n) is 10.9. The number of anilines is 1. The van der Waals surface area contributed by atoms with Crippen molar-refractivity contribution in [3.63, 3.8) is 0 Å². The van der Waals surface area contributed by atoms with Crippen LogP contribution in [0.1, 0.15) is 18.4 Å². The Morgan fingerprint density at radius 2 is 2.32 bits per heavy atom. The molecule has 1 heterocycles. The predicted molar refractivity (Wildman–Crippen MR) is 77.7 cm³/mol. The SMILES string of the molecule is Cc1nc2ccc(NC(=O)NCCC(C)O)cc2s1. The van der Waals surface area contributed by atoms with E-state index < -0.39 is 6.10 Å². The van der Waals surface area contributed by atoms with E-state index in [9.17, 15) is 4.79 Å². The summed E-state index contributed by atoms with van der Waals surface area (Å²) in [5.74, 6) is 0. The minimum atomic E-state index is -0.406. The number of aliphatic hydroxyl groups excluding tert-OH is 1. The first-order valence-electron chi connectivity index (χ1n) is 6.14. The Hall–Kier alpha value is -1.66. The summed E-state index contributed by atoms with van der Waals surface area (Å²) in [6, 6.07) is 5.37. The quantitative estimate of drug-likeness (QED) is 0.805. The molecular weight excluding hydrogens is 262 g/mol. The Morgan fingerprint density at radius 3 is 3.05 bits per heavy atom. The maximum Gasteiger partial charge on any atom is 0.319 e. The molecule has 1 aromatic carbocycles. The fraction of sp³-hybridized carbons (Fsp3) is 0.385. The van der Waals surface area contributed by atoms with Gasteiger partial charge in [0.15, 0.2) is 0 Å². The van der Waals surface area contributed by atoms with Gasteiger partial charge in [-0.05, 0) is 38.5 Å². The Bertz CT molecular complexity index is 580. The molecule has 2 amide bonds. The van der Waals surface area contributed by atoms with Gasteiger partial charge in [0, 0.05) is 12.2 Å². The molecule has 1 aromatic heterocycles. The molecule has 0 saturated carbocycles. The summed E-state index contributed by atoms with van der Waals surface area (Å²) >= 11 is 1.60. The van der Waals surface area contributed by atoms with E-state index in [0.717, 1.165) is 20.9 Å². The zero-order valence-corrected chi connectivity index (χ0v) is 11.8. The van der Waals surface area contributed by atoms with Crippen LogP contribution in [0.15, 0.2) is 18.2 Å². The third-order valence-electron chi connectivity index (χ3n) is 2.60. The minimum Gasteiger partial charge on any atom is -0.393 e. The van der Waals surface area contributed by atoms with Crippen molar-refractivity contribution in [3.05, 3.63) is 23.2 Å². The summed E-state index contributed by atoms with van der Waals surface area (Å²) in [4.78, 5) is 16.0. The van der Waals surface area contributed by atoms with Crippen molar-refractivity contribution in [2.24, 2.45) is 0 Å². The molecule has 0 aliphatic carbocycles. The fourth-order valence-electron chi connectivity index (χ4n) is 1.69. The van der Waals surface area contributed by atoms with Crippen LogP contribution in [0.2, 0.25) is 0 Å². The maximum atomic E-state index is 11.6. The molecule has 5 nitrogen and oxygen atoms in total. The lowest BCUT2D eigenvalue weighted by Crippen LogP contribution is -2.30. The molecule has 0 bridgehead atoms. The van der Waals surface area contributed by atoms with Crippen LogP contribution in [0.5, 0.6) is 0 Å². The van der Waals surface area contributed by atoms with E-state index in [0.29, 0.717) is 13.0 Å². The number of thiazole rings is 1. The molecule has 6 heteroatoms. The molecule has 1 unspecified atom stereocenters. The van der Waals surface area contributed by atoms with Crippen molar-refractivity contribution in [2.45, 2.75) is 26.4 Å². The average molecular weight is 279 g/mol. The number of nitrogens with one attached hydrogen (secondary N) is 2. The van der Waals surface area contributed by atoms with Crippen LogP contribution in [-0.2, 0) is 0 Å². The summed E-state index contributed by atoms with van der Waals surface area (Å²) in [6.45, 7) is 4.10. The van der Waals surface area contributed by atoms with Crippen molar-refractivity contribution in [3.8, 4) is 0 Å². The van der Waals surface area contributed by atoms with Crippen molar-refractivity contribution in [1.29, 1.82) is 0 Å². The molecule has 19 heavy (non-hydrogen) atoms. The molecule has 0 aliphatic rings. The predicted octanol–water partition coefficient (Wildman–Crippen LogP) is 2.50. The maximum absolute atomic E-state index is 11.6. The normalized spacial score (nSPS) is 12.4. The van der Waals surface area contributed by atoms with E-state index in [2.05, 4.69) is 15.6 Å². The van der Waals surface area contributed by atoms with Gasteiger partial charge in [0.2, 0.25) is 0 Å².